The number of benzene rings is 1. The number of piperidine rings is 1. The van der Waals surface area contributed by atoms with Crippen molar-refractivity contribution in [2.45, 2.75) is 18.8 Å². The molecule has 0 aliphatic carbocycles. The number of ether oxygens (including phenoxy) is 1. The van der Waals surface area contributed by atoms with Gasteiger partial charge in [-0.15, -0.1) is 0 Å². The Bertz CT molecular complexity index is 826. The lowest BCUT2D eigenvalue weighted by atomic mass is 9.91. The maximum atomic E-state index is 12.6. The van der Waals surface area contributed by atoms with Crippen LogP contribution in [0.25, 0.3) is 11.3 Å². The third-order valence-corrected chi connectivity index (χ3v) is 5.67. The molecule has 2 aliphatic rings. The second-order valence-corrected chi connectivity index (χ2v) is 7.80. The number of morpholine rings is 1. The molecule has 2 aliphatic heterocycles. The molecule has 3 heterocycles. The second kappa shape index (κ2) is 8.99. The normalized spacial score (nSPS) is 20.9. The minimum atomic E-state index is 0.193. The largest absolute Gasteiger partial charge is 0.378 e. The van der Waals surface area contributed by atoms with Gasteiger partial charge in [-0.1, -0.05) is 23.7 Å². The predicted molar refractivity (Wildman–Crippen MR) is 108 cm³/mol. The van der Waals surface area contributed by atoms with Crippen LogP contribution in [0.3, 0.4) is 0 Å². The molecule has 0 unspecified atom stereocenters. The van der Waals surface area contributed by atoms with Gasteiger partial charge in [-0.3, -0.25) is 19.7 Å². The third-order valence-electron chi connectivity index (χ3n) is 5.44. The van der Waals surface area contributed by atoms with E-state index >= 15 is 0 Å². The highest BCUT2D eigenvalue weighted by atomic mass is 35.5. The summed E-state index contributed by atoms with van der Waals surface area (Å²) in [6.45, 7) is 4.89. The molecular formula is C21H25ClN4O2. The van der Waals surface area contributed by atoms with Crippen molar-refractivity contribution >= 4 is 17.5 Å². The van der Waals surface area contributed by atoms with Crippen LogP contribution in [0.4, 0.5) is 0 Å². The first-order chi connectivity index (χ1) is 13.7. The molecule has 7 heteroatoms. The highest BCUT2D eigenvalue weighted by Gasteiger charge is 2.28. The molecule has 2 aromatic rings. The first kappa shape index (κ1) is 19.3. The van der Waals surface area contributed by atoms with E-state index in [1.807, 2.05) is 29.2 Å². The summed E-state index contributed by atoms with van der Waals surface area (Å²) < 4.78 is 5.35. The molecule has 6 nitrogen and oxygen atoms in total. The Kier molecular flexibility index (Phi) is 6.20. The van der Waals surface area contributed by atoms with Crippen LogP contribution in [0.15, 0.2) is 36.7 Å². The first-order valence-electron chi connectivity index (χ1n) is 9.85. The topological polar surface area (TPSA) is 58.6 Å². The summed E-state index contributed by atoms with van der Waals surface area (Å²) in [5, 5.41) is 0.690. The van der Waals surface area contributed by atoms with E-state index in [0.717, 1.165) is 42.9 Å². The fraction of sp³-hybridized carbons (Fsp3) is 0.476. The number of hydrogen-bond acceptors (Lipinski definition) is 5. The van der Waals surface area contributed by atoms with Gasteiger partial charge in [-0.25, -0.2) is 0 Å². The third kappa shape index (κ3) is 4.51. The summed E-state index contributed by atoms with van der Waals surface area (Å²) >= 11 is 6.18. The van der Waals surface area contributed by atoms with Gasteiger partial charge in [-0.2, -0.15) is 0 Å². The van der Waals surface area contributed by atoms with E-state index in [1.165, 1.54) is 0 Å². The Morgan fingerprint density at radius 1 is 1.18 bits per heavy atom. The highest BCUT2D eigenvalue weighted by Crippen LogP contribution is 2.32. The van der Waals surface area contributed by atoms with Crippen LogP contribution in [-0.4, -0.2) is 71.6 Å². The number of amides is 1. The van der Waals surface area contributed by atoms with Gasteiger partial charge < -0.3 is 9.64 Å². The summed E-state index contributed by atoms with van der Waals surface area (Å²) in [5.41, 5.74) is 2.86. The lowest BCUT2D eigenvalue weighted by Gasteiger charge is -2.34. The lowest BCUT2D eigenvalue weighted by molar-refractivity contribution is -0.136. The number of halogens is 1. The minimum absolute atomic E-state index is 0.193. The second-order valence-electron chi connectivity index (χ2n) is 7.37. The molecule has 0 N–H and O–H groups in total. The minimum Gasteiger partial charge on any atom is -0.378 e. The zero-order chi connectivity index (χ0) is 19.3. The quantitative estimate of drug-likeness (QED) is 0.789. The van der Waals surface area contributed by atoms with Crippen molar-refractivity contribution in [2.24, 2.45) is 0 Å². The van der Waals surface area contributed by atoms with E-state index in [-0.39, 0.29) is 11.8 Å². The fourth-order valence-corrected chi connectivity index (χ4v) is 4.22. The Morgan fingerprint density at radius 2 is 2.00 bits per heavy atom. The van der Waals surface area contributed by atoms with Gasteiger partial charge in [0.2, 0.25) is 5.91 Å². The molecule has 0 spiro atoms. The SMILES string of the molecule is O=C(CN1CCC[C@H](c2nccnc2-c2cccc(Cl)c2)C1)N1CCOCC1. The van der Waals surface area contributed by atoms with Gasteiger partial charge in [0.25, 0.3) is 0 Å². The molecule has 4 rings (SSSR count). The van der Waals surface area contributed by atoms with Crippen LogP contribution in [0.1, 0.15) is 24.5 Å². The van der Waals surface area contributed by atoms with Gasteiger partial charge in [0, 0.05) is 48.5 Å². The van der Waals surface area contributed by atoms with Gasteiger partial charge in [0.05, 0.1) is 31.1 Å². The average molecular weight is 401 g/mol. The number of carbonyl (C=O) groups excluding carboxylic acids is 1. The number of likely N-dealkylation sites (tertiary alicyclic amines) is 1. The van der Waals surface area contributed by atoms with Gasteiger partial charge in [-0.05, 0) is 31.5 Å². The fourth-order valence-electron chi connectivity index (χ4n) is 4.03. The Hall–Kier alpha value is -2.02. The highest BCUT2D eigenvalue weighted by molar-refractivity contribution is 6.30. The van der Waals surface area contributed by atoms with E-state index in [0.29, 0.717) is 37.9 Å². The summed E-state index contributed by atoms with van der Waals surface area (Å²) in [7, 11) is 0. The van der Waals surface area contributed by atoms with Crippen molar-refractivity contribution in [3.8, 4) is 11.3 Å². The van der Waals surface area contributed by atoms with E-state index in [1.54, 1.807) is 12.4 Å². The van der Waals surface area contributed by atoms with Crippen LogP contribution in [0.2, 0.25) is 5.02 Å². The molecule has 28 heavy (non-hydrogen) atoms. The molecular weight excluding hydrogens is 376 g/mol. The molecule has 1 atom stereocenters. The predicted octanol–water partition coefficient (Wildman–Crippen LogP) is 2.84. The van der Waals surface area contributed by atoms with Crippen LogP contribution < -0.4 is 0 Å². The molecule has 2 saturated heterocycles. The van der Waals surface area contributed by atoms with E-state index in [4.69, 9.17) is 16.3 Å². The van der Waals surface area contributed by atoms with Crippen LogP contribution >= 0.6 is 11.6 Å². The van der Waals surface area contributed by atoms with Crippen molar-refractivity contribution in [1.82, 2.24) is 19.8 Å². The standard InChI is InChI=1S/C21H25ClN4O2/c22-18-5-1-3-16(13-18)20-21(24-7-6-23-20)17-4-2-8-25(14-17)15-19(27)26-9-11-28-12-10-26/h1,3,5-7,13,17H,2,4,8-12,14-15H2/t17-/m0/s1. The monoisotopic (exact) mass is 400 g/mol. The molecule has 1 aromatic carbocycles. The van der Waals surface area contributed by atoms with Crippen molar-refractivity contribution < 1.29 is 9.53 Å². The maximum absolute atomic E-state index is 12.6. The van der Waals surface area contributed by atoms with Crippen molar-refractivity contribution in [2.75, 3.05) is 45.9 Å². The molecule has 1 amide bonds. The van der Waals surface area contributed by atoms with Gasteiger partial charge >= 0.3 is 0 Å². The number of nitrogens with zero attached hydrogens (tertiary/aromatic N) is 4. The Balaban J connectivity index is 1.48. The van der Waals surface area contributed by atoms with Crippen LogP contribution in [-0.2, 0) is 9.53 Å². The van der Waals surface area contributed by atoms with Gasteiger partial charge in [0.1, 0.15) is 0 Å². The van der Waals surface area contributed by atoms with Crippen molar-refractivity contribution in [1.29, 1.82) is 0 Å². The first-order valence-corrected chi connectivity index (χ1v) is 10.2. The Labute approximate surface area is 170 Å². The number of rotatable bonds is 4. The van der Waals surface area contributed by atoms with E-state index in [2.05, 4.69) is 14.9 Å². The Morgan fingerprint density at radius 3 is 2.82 bits per heavy atom. The molecule has 148 valence electrons. The summed E-state index contributed by atoms with van der Waals surface area (Å²) in [4.78, 5) is 26.0. The average Bonchev–Trinajstić information content (AvgIpc) is 2.74. The summed E-state index contributed by atoms with van der Waals surface area (Å²) in [6, 6.07) is 7.74. The zero-order valence-corrected chi connectivity index (χ0v) is 16.6. The summed E-state index contributed by atoms with van der Waals surface area (Å²) in [5.74, 6) is 0.451. The number of hydrogen-bond donors (Lipinski definition) is 0. The molecule has 0 saturated carbocycles. The molecule has 0 radical (unpaired) electrons. The smallest absolute Gasteiger partial charge is 0.236 e. The number of aromatic nitrogens is 2. The molecule has 2 fully saturated rings. The van der Waals surface area contributed by atoms with E-state index in [9.17, 15) is 4.79 Å². The maximum Gasteiger partial charge on any atom is 0.236 e. The molecule has 0 bridgehead atoms. The van der Waals surface area contributed by atoms with E-state index < -0.39 is 0 Å². The summed E-state index contributed by atoms with van der Waals surface area (Å²) in [6.07, 6.45) is 5.57. The lowest BCUT2D eigenvalue weighted by Crippen LogP contribution is -2.47. The van der Waals surface area contributed by atoms with Crippen LogP contribution in [0.5, 0.6) is 0 Å². The van der Waals surface area contributed by atoms with Crippen molar-refractivity contribution in [3.05, 3.63) is 47.4 Å². The zero-order valence-electron chi connectivity index (χ0n) is 15.9. The molecule has 1 aromatic heterocycles. The number of carbonyl (C=O) groups is 1. The van der Waals surface area contributed by atoms with Crippen LogP contribution in [0, 0.1) is 0 Å². The van der Waals surface area contributed by atoms with Gasteiger partial charge in [0.15, 0.2) is 0 Å². The van der Waals surface area contributed by atoms with Crippen molar-refractivity contribution in [3.63, 3.8) is 0 Å².